The summed E-state index contributed by atoms with van der Waals surface area (Å²) in [6.07, 6.45) is 1.46. The number of nitrogens with one attached hydrogen (secondary N) is 1. The Kier molecular flexibility index (Phi) is 3.17. The Morgan fingerprint density at radius 3 is 2.35 bits per heavy atom. The fraction of sp³-hybridized carbons (Fsp3) is 0.364. The van der Waals surface area contributed by atoms with Gasteiger partial charge < -0.3 is 5.11 Å². The van der Waals surface area contributed by atoms with Gasteiger partial charge in [-0.15, -0.1) is 0 Å². The van der Waals surface area contributed by atoms with E-state index in [2.05, 4.69) is 4.72 Å². The Labute approximate surface area is 99.5 Å². The van der Waals surface area contributed by atoms with Gasteiger partial charge in [-0.25, -0.2) is 17.9 Å². The second kappa shape index (κ2) is 4.46. The first-order valence-corrected chi connectivity index (χ1v) is 6.84. The fourth-order valence-electron chi connectivity index (χ4n) is 1.45. The van der Waals surface area contributed by atoms with E-state index >= 15 is 0 Å². The molecule has 5 nitrogen and oxygen atoms in total. The van der Waals surface area contributed by atoms with Crippen molar-refractivity contribution in [3.63, 3.8) is 0 Å². The number of hydrogen-bond acceptors (Lipinski definition) is 3. The predicted molar refractivity (Wildman–Crippen MR) is 62.2 cm³/mol. The molecule has 0 aromatic heterocycles. The molecule has 1 aliphatic carbocycles. The highest BCUT2D eigenvalue weighted by Crippen LogP contribution is 2.27. The van der Waals surface area contributed by atoms with E-state index in [4.69, 9.17) is 5.11 Å². The summed E-state index contributed by atoms with van der Waals surface area (Å²) in [5.74, 6) is -0.991. The van der Waals surface area contributed by atoms with Crippen LogP contribution in [0.2, 0.25) is 0 Å². The third-order valence-electron chi connectivity index (χ3n) is 2.64. The van der Waals surface area contributed by atoms with Crippen LogP contribution in [-0.2, 0) is 16.6 Å². The molecule has 6 heteroatoms. The molecule has 1 aliphatic rings. The molecule has 1 aromatic carbocycles. The molecule has 1 fully saturated rings. The average molecular weight is 255 g/mol. The normalized spacial score (nSPS) is 15.8. The molecule has 1 aromatic rings. The van der Waals surface area contributed by atoms with Crippen LogP contribution in [0.5, 0.6) is 0 Å². The number of carboxylic acids is 1. The molecule has 17 heavy (non-hydrogen) atoms. The molecule has 2 rings (SSSR count). The van der Waals surface area contributed by atoms with Crippen molar-refractivity contribution < 1.29 is 18.3 Å². The smallest absolute Gasteiger partial charge is 0.335 e. The lowest BCUT2D eigenvalue weighted by Crippen LogP contribution is -2.26. The Hall–Kier alpha value is -1.40. The van der Waals surface area contributed by atoms with Crippen LogP contribution in [0.15, 0.2) is 24.3 Å². The zero-order chi connectivity index (χ0) is 12.5. The molecule has 1 saturated carbocycles. The van der Waals surface area contributed by atoms with Gasteiger partial charge in [-0.05, 0) is 30.5 Å². The lowest BCUT2D eigenvalue weighted by molar-refractivity contribution is 0.0697. The standard InChI is InChI=1S/C11H13NO4S/c13-11(14)9-3-1-8(2-4-9)7-12-17(15,16)10-5-6-10/h1-4,10,12H,5-7H2,(H,13,14). The van der Waals surface area contributed by atoms with Crippen LogP contribution in [0, 0.1) is 0 Å². The van der Waals surface area contributed by atoms with Crippen molar-refractivity contribution in [1.29, 1.82) is 0 Å². The number of carboxylic acid groups (broad SMARTS) is 1. The van der Waals surface area contributed by atoms with E-state index in [9.17, 15) is 13.2 Å². The summed E-state index contributed by atoms with van der Waals surface area (Å²) in [7, 11) is -3.18. The first-order valence-electron chi connectivity index (χ1n) is 5.30. The van der Waals surface area contributed by atoms with Gasteiger partial charge >= 0.3 is 5.97 Å². The third-order valence-corrected chi connectivity index (χ3v) is 4.54. The Morgan fingerprint density at radius 2 is 1.88 bits per heavy atom. The third kappa shape index (κ3) is 3.04. The van der Waals surface area contributed by atoms with E-state index in [1.54, 1.807) is 12.1 Å². The molecule has 92 valence electrons. The minimum atomic E-state index is -3.18. The van der Waals surface area contributed by atoms with Crippen molar-refractivity contribution in [2.45, 2.75) is 24.6 Å². The van der Waals surface area contributed by atoms with E-state index in [-0.39, 0.29) is 17.4 Å². The molecule has 0 heterocycles. The molecule has 0 spiro atoms. The molecular formula is C11H13NO4S. The van der Waals surface area contributed by atoms with E-state index in [1.807, 2.05) is 0 Å². The molecule has 0 atom stereocenters. The Balaban J connectivity index is 1.97. The van der Waals surface area contributed by atoms with Gasteiger partial charge in [0.15, 0.2) is 0 Å². The summed E-state index contributed by atoms with van der Waals surface area (Å²) >= 11 is 0. The maximum Gasteiger partial charge on any atom is 0.335 e. The molecule has 2 N–H and O–H groups in total. The van der Waals surface area contributed by atoms with Crippen molar-refractivity contribution in [1.82, 2.24) is 4.72 Å². The highest BCUT2D eigenvalue weighted by atomic mass is 32.2. The molecule has 0 bridgehead atoms. The number of aromatic carboxylic acids is 1. The second-order valence-corrected chi connectivity index (χ2v) is 6.11. The van der Waals surface area contributed by atoms with E-state index in [0.717, 1.165) is 18.4 Å². The monoisotopic (exact) mass is 255 g/mol. The summed E-state index contributed by atoms with van der Waals surface area (Å²) < 4.78 is 25.6. The molecule has 0 unspecified atom stereocenters. The molecule has 0 saturated heterocycles. The topological polar surface area (TPSA) is 83.5 Å². The highest BCUT2D eigenvalue weighted by Gasteiger charge is 2.35. The number of sulfonamides is 1. The van der Waals surface area contributed by atoms with Crippen molar-refractivity contribution in [2.75, 3.05) is 0 Å². The van der Waals surface area contributed by atoms with E-state index in [0.29, 0.717) is 0 Å². The van der Waals surface area contributed by atoms with E-state index in [1.165, 1.54) is 12.1 Å². The van der Waals surface area contributed by atoms with Gasteiger partial charge in [0.25, 0.3) is 0 Å². The number of carbonyl (C=O) groups is 1. The Bertz CT molecular complexity index is 517. The quantitative estimate of drug-likeness (QED) is 0.821. The highest BCUT2D eigenvalue weighted by molar-refractivity contribution is 7.90. The van der Waals surface area contributed by atoms with Gasteiger partial charge in [0.2, 0.25) is 10.0 Å². The zero-order valence-corrected chi connectivity index (χ0v) is 9.90. The lowest BCUT2D eigenvalue weighted by atomic mass is 10.1. The van der Waals surface area contributed by atoms with Gasteiger partial charge in [-0.3, -0.25) is 0 Å². The lowest BCUT2D eigenvalue weighted by Gasteiger charge is -2.05. The van der Waals surface area contributed by atoms with Gasteiger partial charge in [0, 0.05) is 6.54 Å². The molecule has 0 aliphatic heterocycles. The molecule has 0 radical (unpaired) electrons. The summed E-state index contributed by atoms with van der Waals surface area (Å²) in [5.41, 5.74) is 0.943. The van der Waals surface area contributed by atoms with Gasteiger partial charge in [-0.2, -0.15) is 0 Å². The van der Waals surface area contributed by atoms with Gasteiger partial charge in [0.1, 0.15) is 0 Å². The predicted octanol–water partition coefficient (Wildman–Crippen LogP) is 0.967. The zero-order valence-electron chi connectivity index (χ0n) is 9.09. The number of benzene rings is 1. The van der Waals surface area contributed by atoms with Crippen LogP contribution in [0.1, 0.15) is 28.8 Å². The minimum Gasteiger partial charge on any atom is -0.478 e. The Morgan fingerprint density at radius 1 is 1.29 bits per heavy atom. The number of rotatable bonds is 5. The first kappa shape index (κ1) is 12.1. The van der Waals surface area contributed by atoms with Crippen LogP contribution >= 0.6 is 0 Å². The minimum absolute atomic E-state index is 0.193. The van der Waals surface area contributed by atoms with Crippen molar-refractivity contribution in [3.05, 3.63) is 35.4 Å². The van der Waals surface area contributed by atoms with Crippen LogP contribution < -0.4 is 4.72 Å². The fourth-order valence-corrected chi connectivity index (χ4v) is 2.81. The largest absolute Gasteiger partial charge is 0.478 e. The van der Waals surface area contributed by atoms with E-state index < -0.39 is 16.0 Å². The van der Waals surface area contributed by atoms with Crippen LogP contribution in [0.3, 0.4) is 0 Å². The number of hydrogen-bond donors (Lipinski definition) is 2. The average Bonchev–Trinajstić information content (AvgIpc) is 3.11. The molecule has 0 amide bonds. The maximum atomic E-state index is 11.5. The summed E-state index contributed by atoms with van der Waals surface area (Å²) in [6.45, 7) is 0.207. The molecular weight excluding hydrogens is 242 g/mol. The van der Waals surface area contributed by atoms with Crippen LogP contribution in [-0.4, -0.2) is 24.7 Å². The summed E-state index contributed by atoms with van der Waals surface area (Å²) in [6, 6.07) is 6.14. The SMILES string of the molecule is O=C(O)c1ccc(CNS(=O)(=O)C2CC2)cc1. The van der Waals surface area contributed by atoms with Crippen LogP contribution in [0.4, 0.5) is 0 Å². The maximum absolute atomic E-state index is 11.5. The summed E-state index contributed by atoms with van der Waals surface area (Å²) in [5, 5.41) is 8.47. The summed E-state index contributed by atoms with van der Waals surface area (Å²) in [4.78, 5) is 10.6. The van der Waals surface area contributed by atoms with Gasteiger partial charge in [-0.1, -0.05) is 12.1 Å². The van der Waals surface area contributed by atoms with Crippen molar-refractivity contribution in [3.8, 4) is 0 Å². The van der Waals surface area contributed by atoms with Crippen molar-refractivity contribution in [2.24, 2.45) is 0 Å². The second-order valence-electron chi connectivity index (χ2n) is 4.07. The first-order chi connectivity index (χ1) is 7.99. The van der Waals surface area contributed by atoms with Gasteiger partial charge in [0.05, 0.1) is 10.8 Å². The van der Waals surface area contributed by atoms with Crippen LogP contribution in [0.25, 0.3) is 0 Å². The van der Waals surface area contributed by atoms with Crippen molar-refractivity contribution >= 4 is 16.0 Å².